The Morgan fingerprint density at radius 1 is 1.00 bits per heavy atom. The first kappa shape index (κ1) is 17.5. The van der Waals surface area contributed by atoms with Crippen molar-refractivity contribution in [3.05, 3.63) is 59.7 Å². The first-order chi connectivity index (χ1) is 11.5. The van der Waals surface area contributed by atoms with Crippen LogP contribution in [0.25, 0.3) is 0 Å². The van der Waals surface area contributed by atoms with E-state index in [1.54, 1.807) is 48.5 Å². The molecular formula is C19H22N2O3. The van der Waals surface area contributed by atoms with Gasteiger partial charge in [0.15, 0.2) is 0 Å². The Hall–Kier alpha value is -2.82. The molecule has 2 aromatic carbocycles. The summed E-state index contributed by atoms with van der Waals surface area (Å²) < 4.78 is 5.63. The topological polar surface area (TPSA) is 81.4 Å². The molecule has 0 unspecified atom stereocenters. The lowest BCUT2D eigenvalue weighted by atomic mass is 10.1. The largest absolute Gasteiger partial charge is 0.494 e. The fourth-order valence-electron chi connectivity index (χ4n) is 2.04. The average Bonchev–Trinajstić information content (AvgIpc) is 2.55. The molecule has 0 aliphatic carbocycles. The van der Waals surface area contributed by atoms with Crippen molar-refractivity contribution < 1.29 is 14.3 Å². The predicted octanol–water partition coefficient (Wildman–Crippen LogP) is 3.46. The molecule has 0 aliphatic heterocycles. The number of benzene rings is 2. The van der Waals surface area contributed by atoms with Gasteiger partial charge in [-0.25, -0.2) is 0 Å². The van der Waals surface area contributed by atoms with Gasteiger partial charge < -0.3 is 15.8 Å². The van der Waals surface area contributed by atoms with Gasteiger partial charge in [-0.15, -0.1) is 0 Å². The van der Waals surface area contributed by atoms with E-state index in [0.717, 1.165) is 12.2 Å². The van der Waals surface area contributed by atoms with Gasteiger partial charge in [0.25, 0.3) is 5.91 Å². The second-order valence-electron chi connectivity index (χ2n) is 5.95. The van der Waals surface area contributed by atoms with Crippen molar-refractivity contribution in [2.24, 2.45) is 11.7 Å². The number of carbonyl (C=O) groups excluding carboxylic acids is 2. The van der Waals surface area contributed by atoms with Gasteiger partial charge in [0.1, 0.15) is 5.75 Å². The molecule has 0 atom stereocenters. The Morgan fingerprint density at radius 3 is 2.12 bits per heavy atom. The molecule has 126 valence electrons. The maximum Gasteiger partial charge on any atom is 0.255 e. The minimum absolute atomic E-state index is 0.226. The zero-order chi connectivity index (χ0) is 17.5. The van der Waals surface area contributed by atoms with Crippen molar-refractivity contribution in [2.45, 2.75) is 20.3 Å². The van der Waals surface area contributed by atoms with Crippen LogP contribution in [0.1, 0.15) is 41.0 Å². The fourth-order valence-corrected chi connectivity index (χ4v) is 2.04. The molecule has 3 N–H and O–H groups in total. The SMILES string of the molecule is CC(C)CCOc1ccc(C(=O)Nc2ccc(C(N)=O)cc2)cc1. The monoisotopic (exact) mass is 326 g/mol. The summed E-state index contributed by atoms with van der Waals surface area (Å²) in [6, 6.07) is 13.4. The third kappa shape index (κ3) is 5.12. The Morgan fingerprint density at radius 2 is 1.58 bits per heavy atom. The van der Waals surface area contributed by atoms with Gasteiger partial charge in [-0.2, -0.15) is 0 Å². The zero-order valence-corrected chi connectivity index (χ0v) is 13.9. The van der Waals surface area contributed by atoms with E-state index in [9.17, 15) is 9.59 Å². The molecule has 5 heteroatoms. The standard InChI is InChI=1S/C19H22N2O3/c1-13(2)11-12-24-17-9-5-15(6-10-17)19(23)21-16-7-3-14(4-8-16)18(20)22/h3-10,13H,11-12H2,1-2H3,(H2,20,22)(H,21,23). The van der Waals surface area contributed by atoms with E-state index < -0.39 is 5.91 Å². The zero-order valence-electron chi connectivity index (χ0n) is 13.9. The molecule has 0 spiro atoms. The van der Waals surface area contributed by atoms with Gasteiger partial charge in [-0.1, -0.05) is 13.8 Å². The third-order valence-electron chi connectivity index (χ3n) is 3.51. The summed E-state index contributed by atoms with van der Waals surface area (Å²) in [5.74, 6) is 0.616. The minimum atomic E-state index is -0.499. The van der Waals surface area contributed by atoms with E-state index in [4.69, 9.17) is 10.5 Å². The lowest BCUT2D eigenvalue weighted by Crippen LogP contribution is -2.13. The first-order valence-electron chi connectivity index (χ1n) is 7.90. The number of amides is 2. The molecule has 24 heavy (non-hydrogen) atoms. The number of primary amides is 1. The van der Waals surface area contributed by atoms with Gasteiger partial charge in [-0.3, -0.25) is 9.59 Å². The molecule has 0 saturated heterocycles. The van der Waals surface area contributed by atoms with Crippen LogP contribution in [0.2, 0.25) is 0 Å². The van der Waals surface area contributed by atoms with Crippen molar-refractivity contribution in [1.82, 2.24) is 0 Å². The van der Waals surface area contributed by atoms with E-state index in [1.807, 2.05) is 0 Å². The second-order valence-corrected chi connectivity index (χ2v) is 5.95. The lowest BCUT2D eigenvalue weighted by molar-refractivity contribution is 0.0998. The Balaban J connectivity index is 1.93. The van der Waals surface area contributed by atoms with Gasteiger partial charge in [0.2, 0.25) is 5.91 Å². The molecule has 0 aromatic heterocycles. The summed E-state index contributed by atoms with van der Waals surface area (Å²) >= 11 is 0. The summed E-state index contributed by atoms with van der Waals surface area (Å²) in [7, 11) is 0. The number of ether oxygens (including phenoxy) is 1. The molecule has 0 fully saturated rings. The highest BCUT2D eigenvalue weighted by Gasteiger charge is 2.07. The van der Waals surface area contributed by atoms with Crippen molar-refractivity contribution >= 4 is 17.5 Å². The summed E-state index contributed by atoms with van der Waals surface area (Å²) in [6.45, 7) is 4.95. The summed E-state index contributed by atoms with van der Waals surface area (Å²) in [5.41, 5.74) is 6.71. The normalized spacial score (nSPS) is 10.5. The number of hydrogen-bond acceptors (Lipinski definition) is 3. The van der Waals surface area contributed by atoms with Crippen molar-refractivity contribution in [2.75, 3.05) is 11.9 Å². The Kier molecular flexibility index (Phi) is 5.95. The maximum atomic E-state index is 12.2. The predicted molar refractivity (Wildman–Crippen MR) is 94.3 cm³/mol. The van der Waals surface area contributed by atoms with Crippen LogP contribution in [0, 0.1) is 5.92 Å². The maximum absolute atomic E-state index is 12.2. The molecule has 5 nitrogen and oxygen atoms in total. The highest BCUT2D eigenvalue weighted by Crippen LogP contribution is 2.15. The highest BCUT2D eigenvalue weighted by molar-refractivity contribution is 6.04. The third-order valence-corrected chi connectivity index (χ3v) is 3.51. The molecule has 2 aromatic rings. The molecule has 0 radical (unpaired) electrons. The van der Waals surface area contributed by atoms with Crippen molar-refractivity contribution in [3.8, 4) is 5.75 Å². The number of rotatable bonds is 7. The van der Waals surface area contributed by atoms with Gasteiger partial charge >= 0.3 is 0 Å². The molecule has 2 rings (SSSR count). The van der Waals surface area contributed by atoms with Crippen LogP contribution >= 0.6 is 0 Å². The van der Waals surface area contributed by atoms with Crippen LogP contribution in [-0.2, 0) is 0 Å². The van der Waals surface area contributed by atoms with Gasteiger partial charge in [-0.05, 0) is 60.9 Å². The molecule has 0 saturated carbocycles. The van der Waals surface area contributed by atoms with Crippen LogP contribution in [0.4, 0.5) is 5.69 Å². The van der Waals surface area contributed by atoms with Crippen LogP contribution < -0.4 is 15.8 Å². The van der Waals surface area contributed by atoms with Crippen LogP contribution in [0.5, 0.6) is 5.75 Å². The van der Waals surface area contributed by atoms with E-state index >= 15 is 0 Å². The number of hydrogen-bond donors (Lipinski definition) is 2. The average molecular weight is 326 g/mol. The highest BCUT2D eigenvalue weighted by atomic mass is 16.5. The lowest BCUT2D eigenvalue weighted by Gasteiger charge is -2.09. The van der Waals surface area contributed by atoms with Crippen molar-refractivity contribution in [3.63, 3.8) is 0 Å². The Bertz CT molecular complexity index is 692. The fraction of sp³-hybridized carbons (Fsp3) is 0.263. The van der Waals surface area contributed by atoms with Crippen LogP contribution in [-0.4, -0.2) is 18.4 Å². The summed E-state index contributed by atoms with van der Waals surface area (Å²) in [6.07, 6.45) is 0.990. The number of nitrogens with two attached hydrogens (primary N) is 1. The van der Waals surface area contributed by atoms with E-state index in [0.29, 0.717) is 29.3 Å². The number of carbonyl (C=O) groups is 2. The Labute approximate surface area is 141 Å². The quantitative estimate of drug-likeness (QED) is 0.817. The van der Waals surface area contributed by atoms with Crippen molar-refractivity contribution in [1.29, 1.82) is 0 Å². The van der Waals surface area contributed by atoms with Gasteiger partial charge in [0, 0.05) is 16.8 Å². The van der Waals surface area contributed by atoms with E-state index in [2.05, 4.69) is 19.2 Å². The smallest absolute Gasteiger partial charge is 0.255 e. The molecule has 0 bridgehead atoms. The molecule has 2 amide bonds. The molecular weight excluding hydrogens is 304 g/mol. The van der Waals surface area contributed by atoms with Crippen LogP contribution in [0.15, 0.2) is 48.5 Å². The van der Waals surface area contributed by atoms with Gasteiger partial charge in [0.05, 0.1) is 6.61 Å². The summed E-state index contributed by atoms with van der Waals surface area (Å²) in [5, 5.41) is 2.77. The first-order valence-corrected chi connectivity index (χ1v) is 7.90. The van der Waals surface area contributed by atoms with E-state index in [1.165, 1.54) is 0 Å². The molecule has 0 heterocycles. The minimum Gasteiger partial charge on any atom is -0.494 e. The number of nitrogens with one attached hydrogen (secondary N) is 1. The second kappa shape index (κ2) is 8.15. The molecule has 0 aliphatic rings. The number of anilines is 1. The van der Waals surface area contributed by atoms with E-state index in [-0.39, 0.29) is 5.91 Å². The van der Waals surface area contributed by atoms with Crippen LogP contribution in [0.3, 0.4) is 0 Å². The summed E-state index contributed by atoms with van der Waals surface area (Å²) in [4.78, 5) is 23.2.